The molecule has 1 fully saturated rings. The summed E-state index contributed by atoms with van der Waals surface area (Å²) < 4.78 is 73.4. The highest BCUT2D eigenvalue weighted by atomic mass is 35.5. The van der Waals surface area contributed by atoms with Crippen LogP contribution in [0.5, 0.6) is 5.75 Å². The van der Waals surface area contributed by atoms with E-state index in [1.54, 1.807) is 0 Å². The number of halogens is 6. The van der Waals surface area contributed by atoms with E-state index in [9.17, 15) is 21.6 Å². The largest absolute Gasteiger partial charge is 0.488 e. The van der Waals surface area contributed by atoms with Crippen molar-refractivity contribution in [1.29, 1.82) is 0 Å². The number of benzene rings is 2. The van der Waals surface area contributed by atoms with Crippen molar-refractivity contribution in [3.05, 3.63) is 51.0 Å². The van der Waals surface area contributed by atoms with Gasteiger partial charge in [0.1, 0.15) is 16.7 Å². The van der Waals surface area contributed by atoms with Gasteiger partial charge in [0.05, 0.1) is 21.3 Å². The van der Waals surface area contributed by atoms with E-state index >= 15 is 0 Å². The molecule has 2 aromatic rings. The average molecular weight is 504 g/mol. The first-order valence-electron chi connectivity index (χ1n) is 8.60. The number of rotatable bonds is 5. The Balaban J connectivity index is 1.95. The lowest BCUT2D eigenvalue weighted by Crippen LogP contribution is -2.23. The van der Waals surface area contributed by atoms with Crippen molar-refractivity contribution in [2.24, 2.45) is 0 Å². The molecule has 1 saturated heterocycles. The number of likely N-dealkylation sites (N-methyl/N-ethyl adjacent to an activating group) is 1. The fraction of sp³-hybridized carbons (Fsp3) is 0.333. The Morgan fingerprint density at radius 1 is 1.13 bits per heavy atom. The minimum Gasteiger partial charge on any atom is -0.488 e. The number of likely N-dealkylation sites (tertiary alicyclic amines) is 1. The molecule has 0 saturated carbocycles. The maximum atomic E-state index is 13.4. The van der Waals surface area contributed by atoms with Gasteiger partial charge in [0.15, 0.2) is 0 Å². The topological polar surface area (TPSA) is 58.6 Å². The molecule has 1 atom stereocenters. The van der Waals surface area contributed by atoms with Crippen LogP contribution in [0.3, 0.4) is 0 Å². The fourth-order valence-corrected chi connectivity index (χ4v) is 5.68. The first-order chi connectivity index (χ1) is 13.9. The van der Waals surface area contributed by atoms with E-state index in [2.05, 4.69) is 4.72 Å². The molecule has 1 heterocycles. The van der Waals surface area contributed by atoms with E-state index in [1.165, 1.54) is 12.1 Å². The van der Waals surface area contributed by atoms with Crippen molar-refractivity contribution < 1.29 is 26.3 Å². The average Bonchev–Trinajstić information content (AvgIpc) is 2.97. The number of hydrogen-bond acceptors (Lipinski definition) is 4. The molecule has 0 aromatic heterocycles. The number of hydrogen-bond donors (Lipinski definition) is 1. The Labute approximate surface area is 186 Å². The molecule has 0 aliphatic carbocycles. The summed E-state index contributed by atoms with van der Waals surface area (Å²) >= 11 is 17.7. The van der Waals surface area contributed by atoms with Gasteiger partial charge in [0.25, 0.3) is 10.0 Å². The van der Waals surface area contributed by atoms with E-state index in [0.717, 1.165) is 18.2 Å². The van der Waals surface area contributed by atoms with Gasteiger partial charge in [-0.2, -0.15) is 13.2 Å². The second-order valence-electron chi connectivity index (χ2n) is 6.80. The van der Waals surface area contributed by atoms with Crippen LogP contribution in [0, 0.1) is 0 Å². The summed E-state index contributed by atoms with van der Waals surface area (Å²) in [5, 5.41) is -0.314. The second kappa shape index (κ2) is 8.63. The molecule has 164 valence electrons. The van der Waals surface area contributed by atoms with Crippen molar-refractivity contribution in [2.45, 2.75) is 23.6 Å². The Bertz CT molecular complexity index is 1040. The van der Waals surface area contributed by atoms with Crippen LogP contribution in [0.4, 0.5) is 18.9 Å². The molecule has 1 aliphatic heterocycles. The highest BCUT2D eigenvalue weighted by molar-refractivity contribution is 7.93. The molecule has 0 unspecified atom stereocenters. The zero-order chi connectivity index (χ0) is 22.3. The van der Waals surface area contributed by atoms with Gasteiger partial charge in [-0.1, -0.05) is 34.8 Å². The molecule has 0 spiro atoms. The van der Waals surface area contributed by atoms with Crippen molar-refractivity contribution in [3.8, 4) is 5.75 Å². The summed E-state index contributed by atoms with van der Waals surface area (Å²) in [5.74, 6) is -0.462. The van der Waals surface area contributed by atoms with E-state index < -0.39 is 38.5 Å². The molecule has 0 amide bonds. The molecule has 3 rings (SSSR count). The first kappa shape index (κ1) is 23.3. The Morgan fingerprint density at radius 3 is 2.30 bits per heavy atom. The normalized spacial score (nSPS) is 17.9. The maximum absolute atomic E-state index is 13.4. The van der Waals surface area contributed by atoms with Crippen LogP contribution in [-0.4, -0.2) is 39.6 Å². The van der Waals surface area contributed by atoms with Crippen LogP contribution in [0.1, 0.15) is 12.0 Å². The fourth-order valence-electron chi connectivity index (χ4n) is 3.08. The van der Waals surface area contributed by atoms with Gasteiger partial charge in [-0.25, -0.2) is 8.42 Å². The third kappa shape index (κ3) is 5.26. The molecule has 1 N–H and O–H groups in total. The molecule has 2 aromatic carbocycles. The summed E-state index contributed by atoms with van der Waals surface area (Å²) in [6, 6.07) is 5.14. The van der Waals surface area contributed by atoms with E-state index in [-0.39, 0.29) is 20.8 Å². The summed E-state index contributed by atoms with van der Waals surface area (Å²) in [7, 11) is -2.48. The molecule has 30 heavy (non-hydrogen) atoms. The predicted molar refractivity (Wildman–Crippen MR) is 110 cm³/mol. The number of nitrogens with one attached hydrogen (secondary N) is 1. The zero-order valence-corrected chi connectivity index (χ0v) is 18.5. The lowest BCUT2D eigenvalue weighted by atomic mass is 10.1. The zero-order valence-electron chi connectivity index (χ0n) is 15.4. The summed E-state index contributed by atoms with van der Waals surface area (Å²) in [6.45, 7) is 1.15. The lowest BCUT2D eigenvalue weighted by Gasteiger charge is -2.20. The monoisotopic (exact) mass is 502 g/mol. The van der Waals surface area contributed by atoms with Gasteiger partial charge in [0.2, 0.25) is 0 Å². The third-order valence-electron chi connectivity index (χ3n) is 4.41. The predicted octanol–water partition coefficient (Wildman–Crippen LogP) is 5.55. The maximum Gasteiger partial charge on any atom is 0.419 e. The quantitative estimate of drug-likeness (QED) is 0.581. The molecule has 12 heteroatoms. The van der Waals surface area contributed by atoms with Crippen molar-refractivity contribution in [1.82, 2.24) is 4.90 Å². The Kier molecular flexibility index (Phi) is 6.69. The number of sulfonamides is 1. The van der Waals surface area contributed by atoms with Crippen molar-refractivity contribution in [2.75, 3.05) is 24.9 Å². The molecular weight excluding hydrogens is 488 g/mol. The summed E-state index contributed by atoms with van der Waals surface area (Å²) in [4.78, 5) is 1.49. The number of ether oxygens (including phenoxy) is 1. The van der Waals surface area contributed by atoms with Gasteiger partial charge in [-0.3, -0.25) is 4.72 Å². The number of alkyl halides is 3. The van der Waals surface area contributed by atoms with Crippen LogP contribution < -0.4 is 9.46 Å². The van der Waals surface area contributed by atoms with Crippen LogP contribution in [0.15, 0.2) is 35.2 Å². The first-order valence-corrected chi connectivity index (χ1v) is 11.2. The molecule has 5 nitrogen and oxygen atoms in total. The van der Waals surface area contributed by atoms with Gasteiger partial charge in [0, 0.05) is 24.2 Å². The molecule has 0 radical (unpaired) electrons. The number of anilines is 1. The SMILES string of the molecule is CN1CC[C@H](Oc2cc(NS(=O)(=O)c3c(Cl)cc(Cl)cc3Cl)ccc2C(F)(F)F)C1. The summed E-state index contributed by atoms with van der Waals surface area (Å²) in [5.41, 5.74) is -1.13. The van der Waals surface area contributed by atoms with Crippen LogP contribution in [-0.2, 0) is 16.2 Å². The van der Waals surface area contributed by atoms with Gasteiger partial charge < -0.3 is 9.64 Å². The molecule has 0 bridgehead atoms. The van der Waals surface area contributed by atoms with Gasteiger partial charge >= 0.3 is 6.18 Å². The minimum atomic E-state index is -4.67. The summed E-state index contributed by atoms with van der Waals surface area (Å²) in [6.07, 6.45) is -4.55. The second-order valence-corrected chi connectivity index (χ2v) is 9.67. The Morgan fingerprint density at radius 2 is 1.77 bits per heavy atom. The van der Waals surface area contributed by atoms with E-state index in [0.29, 0.717) is 19.5 Å². The number of nitrogens with zero attached hydrogens (tertiary/aromatic N) is 1. The minimum absolute atomic E-state index is 0.133. The van der Waals surface area contributed by atoms with Gasteiger partial charge in [-0.15, -0.1) is 0 Å². The van der Waals surface area contributed by atoms with E-state index in [4.69, 9.17) is 39.5 Å². The molecular formula is C18H16Cl3F3N2O3S. The van der Waals surface area contributed by atoms with Crippen molar-refractivity contribution in [3.63, 3.8) is 0 Å². The standard InChI is InChI=1S/C18H16Cl3F3N2O3S/c1-26-5-4-12(9-26)29-16-8-11(2-3-13(16)18(22,23)24)25-30(27,28)17-14(20)6-10(19)7-15(17)21/h2-3,6-8,12,25H,4-5,9H2,1H3/t12-/m0/s1. The van der Waals surface area contributed by atoms with Crippen LogP contribution in [0.25, 0.3) is 0 Å². The van der Waals surface area contributed by atoms with Crippen LogP contribution >= 0.6 is 34.8 Å². The lowest BCUT2D eigenvalue weighted by molar-refractivity contribution is -0.139. The highest BCUT2D eigenvalue weighted by Gasteiger charge is 2.36. The smallest absolute Gasteiger partial charge is 0.419 e. The Hall–Kier alpha value is -1.39. The van der Waals surface area contributed by atoms with E-state index in [1.807, 2.05) is 11.9 Å². The van der Waals surface area contributed by atoms with Crippen LogP contribution in [0.2, 0.25) is 15.1 Å². The molecule has 1 aliphatic rings. The van der Waals surface area contributed by atoms with Crippen molar-refractivity contribution >= 4 is 50.5 Å². The third-order valence-corrected chi connectivity index (χ3v) is 6.93. The van der Waals surface area contributed by atoms with Gasteiger partial charge in [-0.05, 0) is 37.7 Å². The highest BCUT2D eigenvalue weighted by Crippen LogP contribution is 2.40.